The fourth-order valence-electron chi connectivity index (χ4n) is 2.09. The van der Waals surface area contributed by atoms with Crippen LogP contribution in [-0.2, 0) is 16.0 Å². The zero-order chi connectivity index (χ0) is 14.2. The lowest BCUT2D eigenvalue weighted by Gasteiger charge is -2.41. The molecule has 19 heavy (non-hydrogen) atoms. The molecule has 0 bridgehead atoms. The summed E-state index contributed by atoms with van der Waals surface area (Å²) in [6.45, 7) is 0. The number of thiazole rings is 1. The number of aryl methyl sites for hydroxylation is 1. The predicted molar refractivity (Wildman–Crippen MR) is 66.2 cm³/mol. The summed E-state index contributed by atoms with van der Waals surface area (Å²) in [5, 5.41) is 9.43. The van der Waals surface area contributed by atoms with Crippen molar-refractivity contribution in [1.82, 2.24) is 9.88 Å². The van der Waals surface area contributed by atoms with Gasteiger partial charge in [0.25, 0.3) is 0 Å². The Bertz CT molecular complexity index is 543. The smallest absolute Gasteiger partial charge is 0.327 e. The maximum atomic E-state index is 11.7. The van der Waals surface area contributed by atoms with Crippen molar-refractivity contribution in [3.8, 4) is 0 Å². The molecule has 102 valence electrons. The van der Waals surface area contributed by atoms with E-state index in [0.29, 0.717) is 22.9 Å². The van der Waals surface area contributed by atoms with Gasteiger partial charge < -0.3 is 16.6 Å². The highest BCUT2D eigenvalue weighted by molar-refractivity contribution is 7.15. The van der Waals surface area contributed by atoms with Crippen molar-refractivity contribution in [3.05, 3.63) is 11.1 Å². The van der Waals surface area contributed by atoms with Crippen molar-refractivity contribution in [2.75, 3.05) is 5.73 Å². The summed E-state index contributed by atoms with van der Waals surface area (Å²) >= 11 is 1.28. The van der Waals surface area contributed by atoms with Crippen molar-refractivity contribution >= 4 is 34.4 Å². The van der Waals surface area contributed by atoms with Gasteiger partial charge in [0, 0.05) is 11.1 Å². The monoisotopic (exact) mass is 284 g/mol. The number of hydrogen-bond acceptors (Lipinski definition) is 6. The van der Waals surface area contributed by atoms with E-state index in [1.165, 1.54) is 11.3 Å². The largest absolute Gasteiger partial charge is 0.480 e. The van der Waals surface area contributed by atoms with Crippen LogP contribution in [0.5, 0.6) is 0 Å². The maximum Gasteiger partial charge on any atom is 0.327 e. The Hall–Kier alpha value is -2.16. The number of carboxylic acid groups (broad SMARTS) is 1. The second-order valence-corrected chi connectivity index (χ2v) is 5.29. The lowest BCUT2D eigenvalue weighted by Crippen LogP contribution is -2.67. The molecule has 1 saturated heterocycles. The Morgan fingerprint density at radius 3 is 2.68 bits per heavy atom. The van der Waals surface area contributed by atoms with Crippen LogP contribution in [0.15, 0.2) is 6.20 Å². The number of carbonyl (C=O) groups is 3. The highest BCUT2D eigenvalue weighted by Gasteiger charge is 2.53. The van der Waals surface area contributed by atoms with Crippen molar-refractivity contribution < 1.29 is 19.5 Å². The molecule has 3 amide bonds. The van der Waals surface area contributed by atoms with Gasteiger partial charge in [-0.15, -0.1) is 11.3 Å². The number of rotatable bonds is 4. The van der Waals surface area contributed by atoms with Gasteiger partial charge in [-0.3, -0.25) is 4.79 Å². The molecule has 0 aliphatic carbocycles. The Balaban J connectivity index is 2.02. The number of amides is 3. The van der Waals surface area contributed by atoms with Crippen LogP contribution in [0.25, 0.3) is 0 Å². The first-order chi connectivity index (χ1) is 8.91. The molecule has 1 aliphatic heterocycles. The van der Waals surface area contributed by atoms with Gasteiger partial charge in [-0.25, -0.2) is 19.5 Å². The summed E-state index contributed by atoms with van der Waals surface area (Å²) in [5.41, 5.74) is 10.4. The van der Waals surface area contributed by atoms with Crippen LogP contribution in [0.3, 0.4) is 0 Å². The first-order valence-electron chi connectivity index (χ1n) is 5.47. The summed E-state index contributed by atoms with van der Waals surface area (Å²) < 4.78 is 0. The van der Waals surface area contributed by atoms with Crippen molar-refractivity contribution in [3.63, 3.8) is 0 Å². The quantitative estimate of drug-likeness (QED) is 0.645. The zero-order valence-corrected chi connectivity index (χ0v) is 10.6. The van der Waals surface area contributed by atoms with Crippen LogP contribution >= 0.6 is 11.3 Å². The molecule has 0 aromatic carbocycles. The topological polar surface area (TPSA) is 140 Å². The summed E-state index contributed by atoms with van der Waals surface area (Å²) in [4.78, 5) is 39.0. The van der Waals surface area contributed by atoms with Crippen LogP contribution in [0, 0.1) is 5.92 Å². The Labute approximate surface area is 112 Å². The molecule has 0 unspecified atom stereocenters. The van der Waals surface area contributed by atoms with E-state index in [2.05, 4.69) is 4.98 Å². The maximum absolute atomic E-state index is 11.7. The predicted octanol–water partition coefficient (Wildman–Crippen LogP) is -0.352. The normalized spacial score (nSPS) is 22.1. The Kier molecular flexibility index (Phi) is 3.38. The summed E-state index contributed by atoms with van der Waals surface area (Å²) in [6.07, 6.45) is 2.40. The van der Waals surface area contributed by atoms with E-state index in [1.54, 1.807) is 6.20 Å². The number of carbonyl (C=O) groups excluding carboxylic acids is 2. The van der Waals surface area contributed by atoms with Crippen LogP contribution < -0.4 is 11.5 Å². The number of hydrogen-bond donors (Lipinski definition) is 3. The van der Waals surface area contributed by atoms with E-state index in [0.717, 1.165) is 4.88 Å². The average molecular weight is 284 g/mol. The van der Waals surface area contributed by atoms with Crippen LogP contribution in [-0.4, -0.2) is 38.9 Å². The van der Waals surface area contributed by atoms with Crippen LogP contribution in [0.4, 0.5) is 9.93 Å². The molecule has 1 aromatic heterocycles. The summed E-state index contributed by atoms with van der Waals surface area (Å²) in [6, 6.07) is -2.20. The SMILES string of the molecule is NC(=O)N1C(=O)[C@H](CCc2cnc(N)s2)[C@H]1C(=O)O. The van der Waals surface area contributed by atoms with Gasteiger partial charge in [0.2, 0.25) is 5.91 Å². The van der Waals surface area contributed by atoms with Gasteiger partial charge in [-0.05, 0) is 12.8 Å². The van der Waals surface area contributed by atoms with Gasteiger partial charge in [-0.2, -0.15) is 0 Å². The number of urea groups is 1. The molecule has 2 rings (SSSR count). The van der Waals surface area contributed by atoms with Crippen molar-refractivity contribution in [2.45, 2.75) is 18.9 Å². The minimum absolute atomic E-state index is 0.321. The number of primary amides is 1. The third-order valence-corrected chi connectivity index (χ3v) is 3.86. The summed E-state index contributed by atoms with van der Waals surface area (Å²) in [7, 11) is 0. The minimum Gasteiger partial charge on any atom is -0.480 e. The molecule has 9 heteroatoms. The summed E-state index contributed by atoms with van der Waals surface area (Å²) in [5.74, 6) is -2.50. The molecule has 2 heterocycles. The number of imide groups is 1. The van der Waals surface area contributed by atoms with E-state index < -0.39 is 29.9 Å². The fourth-order valence-corrected chi connectivity index (χ4v) is 2.79. The minimum atomic E-state index is -1.23. The third-order valence-electron chi connectivity index (χ3n) is 2.98. The second kappa shape index (κ2) is 4.84. The molecule has 0 radical (unpaired) electrons. The lowest BCUT2D eigenvalue weighted by atomic mass is 9.84. The molecule has 1 aliphatic rings. The Morgan fingerprint density at radius 1 is 1.53 bits per heavy atom. The van der Waals surface area contributed by atoms with Crippen molar-refractivity contribution in [1.29, 1.82) is 0 Å². The Morgan fingerprint density at radius 2 is 2.21 bits per heavy atom. The molecule has 1 fully saturated rings. The fraction of sp³-hybridized carbons (Fsp3) is 0.400. The van der Waals surface area contributed by atoms with E-state index in [1.807, 2.05) is 0 Å². The third kappa shape index (κ3) is 2.36. The second-order valence-electron chi connectivity index (χ2n) is 4.14. The number of aliphatic carboxylic acids is 1. The van der Waals surface area contributed by atoms with E-state index in [4.69, 9.17) is 16.6 Å². The number of nitrogens with zero attached hydrogens (tertiary/aromatic N) is 2. The van der Waals surface area contributed by atoms with Gasteiger partial charge >= 0.3 is 12.0 Å². The molecular weight excluding hydrogens is 272 g/mol. The number of anilines is 1. The number of nitrogens with two attached hydrogens (primary N) is 2. The number of aromatic nitrogens is 1. The van der Waals surface area contributed by atoms with Gasteiger partial charge in [-0.1, -0.05) is 0 Å². The highest BCUT2D eigenvalue weighted by atomic mass is 32.1. The molecule has 0 saturated carbocycles. The van der Waals surface area contributed by atoms with Gasteiger partial charge in [0.15, 0.2) is 11.2 Å². The molecule has 2 atom stereocenters. The number of carboxylic acids is 1. The van der Waals surface area contributed by atoms with Gasteiger partial charge in [0.05, 0.1) is 5.92 Å². The molecule has 5 N–H and O–H groups in total. The zero-order valence-electron chi connectivity index (χ0n) is 9.78. The molecule has 0 spiro atoms. The molecule has 1 aromatic rings. The first-order valence-corrected chi connectivity index (χ1v) is 6.29. The van der Waals surface area contributed by atoms with E-state index >= 15 is 0 Å². The first kappa shape index (κ1) is 13.3. The average Bonchev–Trinajstić information content (AvgIpc) is 2.70. The number of nitrogen functional groups attached to an aromatic ring is 1. The molecule has 8 nitrogen and oxygen atoms in total. The highest BCUT2D eigenvalue weighted by Crippen LogP contribution is 2.31. The van der Waals surface area contributed by atoms with E-state index in [9.17, 15) is 14.4 Å². The van der Waals surface area contributed by atoms with Crippen LogP contribution in [0.2, 0.25) is 0 Å². The van der Waals surface area contributed by atoms with Crippen molar-refractivity contribution in [2.24, 2.45) is 11.7 Å². The standard InChI is InChI=1S/C10H12N4O4S/c11-9-13-3-4(19-9)1-2-5-6(8(16)17)14(7(5)15)10(12)18/h3,5-6H,1-2H2,(H2,11,13)(H2,12,18)(H,16,17)/t5-,6+/m1/s1. The number of β-lactam (4-membered cyclic amide) rings is 1. The van der Waals surface area contributed by atoms with Crippen LogP contribution in [0.1, 0.15) is 11.3 Å². The molecular formula is C10H12N4O4S. The van der Waals surface area contributed by atoms with Gasteiger partial charge in [0.1, 0.15) is 0 Å². The van der Waals surface area contributed by atoms with E-state index in [-0.39, 0.29) is 0 Å². The number of likely N-dealkylation sites (tertiary alicyclic amines) is 1. The lowest BCUT2D eigenvalue weighted by molar-refractivity contribution is -0.165.